The lowest BCUT2D eigenvalue weighted by molar-refractivity contribution is -0.212. The third-order valence-corrected chi connectivity index (χ3v) is 16.3. The van der Waals surface area contributed by atoms with Crippen molar-refractivity contribution >= 4 is 48.4 Å². The number of esters is 1. The van der Waals surface area contributed by atoms with Crippen LogP contribution in [0.1, 0.15) is 64.8 Å². The highest BCUT2D eigenvalue weighted by atomic mass is 28.3. The van der Waals surface area contributed by atoms with Crippen molar-refractivity contribution in [2.75, 3.05) is 102 Å². The second-order valence-electron chi connectivity index (χ2n) is 21.8. The number of nitrogens with zero attached hydrogens (tertiary/aromatic N) is 6. The molecule has 4 atom stereocenters. The van der Waals surface area contributed by atoms with E-state index in [4.69, 9.17) is 28.7 Å². The van der Waals surface area contributed by atoms with Gasteiger partial charge < -0.3 is 48.5 Å². The van der Waals surface area contributed by atoms with Crippen LogP contribution in [-0.2, 0) is 46.2 Å². The van der Waals surface area contributed by atoms with Crippen LogP contribution >= 0.6 is 0 Å². The first-order valence-corrected chi connectivity index (χ1v) is 28.2. The Balaban J connectivity index is 1.16. The summed E-state index contributed by atoms with van der Waals surface area (Å²) in [5.74, 6) is -1.44. The molecule has 1 aromatic carbocycles. The zero-order chi connectivity index (χ0) is 47.8. The average Bonchev–Trinajstić information content (AvgIpc) is 4.07. The van der Waals surface area contributed by atoms with E-state index in [1.54, 1.807) is 7.11 Å². The lowest BCUT2D eigenvalue weighted by Crippen LogP contribution is -2.74. The van der Waals surface area contributed by atoms with E-state index in [1.807, 2.05) is 13.1 Å². The Morgan fingerprint density at radius 3 is 2.36 bits per heavy atom. The molecule has 17 heteroatoms. The third kappa shape index (κ3) is 11.1. The predicted octanol–water partition coefficient (Wildman–Crippen LogP) is 6.27. The van der Waals surface area contributed by atoms with Crippen molar-refractivity contribution in [3.8, 4) is 11.3 Å². The molecule has 8 rings (SSSR count). The number of benzene rings is 1. The minimum Gasteiger partial charge on any atom is -0.480 e. The number of methoxy groups -OCH3 is 1. The number of carbonyl (C=O) groups excluding carboxylic acids is 2. The highest BCUT2D eigenvalue weighted by molar-refractivity contribution is 6.76. The summed E-state index contributed by atoms with van der Waals surface area (Å²) in [4.78, 5) is 53.2. The van der Waals surface area contributed by atoms with Gasteiger partial charge in [0.25, 0.3) is 0 Å². The van der Waals surface area contributed by atoms with Crippen molar-refractivity contribution in [3.63, 3.8) is 0 Å². The van der Waals surface area contributed by atoms with E-state index in [0.717, 1.165) is 83.1 Å². The molecule has 4 aliphatic heterocycles. The lowest BCUT2D eigenvalue weighted by atomic mass is 9.75. The van der Waals surface area contributed by atoms with Crippen LogP contribution in [0.5, 0.6) is 0 Å². The highest BCUT2D eigenvalue weighted by Crippen LogP contribution is 2.44. The summed E-state index contributed by atoms with van der Waals surface area (Å²) in [6.45, 7) is 25.7. The molecule has 3 aromatic rings. The molecule has 4 saturated heterocycles. The molecule has 0 radical (unpaired) electrons. The lowest BCUT2D eigenvalue weighted by Gasteiger charge is -2.59. The van der Waals surface area contributed by atoms with Crippen LogP contribution in [-0.4, -0.2) is 167 Å². The van der Waals surface area contributed by atoms with Crippen molar-refractivity contribution in [1.29, 1.82) is 0 Å². The molecule has 1 spiro atoms. The van der Waals surface area contributed by atoms with Gasteiger partial charge >= 0.3 is 18.0 Å². The van der Waals surface area contributed by atoms with E-state index in [9.17, 15) is 19.5 Å². The molecule has 0 bridgehead atoms. The summed E-state index contributed by atoms with van der Waals surface area (Å²) in [6, 6.07) is 8.54. The first kappa shape index (κ1) is 49.2. The number of anilines is 2. The number of piperazine rings is 1. The molecule has 1 aliphatic carbocycles. The molecule has 16 nitrogen and oxygen atoms in total. The quantitative estimate of drug-likeness (QED) is 0.102. The van der Waals surface area contributed by atoms with Gasteiger partial charge in [-0.3, -0.25) is 19.6 Å². The Kier molecular flexibility index (Phi) is 14.7. The SMILES string of the molecule is CCn1c(-c2cc(N3CCN(C4CC4)CC3)cnc2[C@H](C)OC)c(CC(C)(C)COC(C)=O)c2cc(N3CCO[C@@H]([C@H]([C@H](NC(=O)OCC[Si](C)(C)C)C(=O)O)N4CC5(COC5)C4)C3)ccc21. The predicted molar refractivity (Wildman–Crippen MR) is 262 cm³/mol. The number of rotatable bonds is 19. The number of nitrogens with one attached hydrogen (secondary N) is 1. The Labute approximate surface area is 397 Å². The van der Waals surface area contributed by atoms with Gasteiger partial charge in [0.2, 0.25) is 0 Å². The first-order chi connectivity index (χ1) is 31.9. The molecule has 6 heterocycles. The fourth-order valence-corrected chi connectivity index (χ4v) is 11.3. The van der Waals surface area contributed by atoms with Crippen LogP contribution < -0.4 is 15.1 Å². The number of fused-ring (bicyclic) bond motifs is 1. The number of carboxylic acids is 1. The molecule has 5 fully saturated rings. The molecular weight excluding hydrogens is 871 g/mol. The fourth-order valence-electron chi connectivity index (χ4n) is 10.6. The van der Waals surface area contributed by atoms with Crippen molar-refractivity contribution < 1.29 is 43.2 Å². The molecule has 1 amide bonds. The Morgan fingerprint density at radius 2 is 1.75 bits per heavy atom. The van der Waals surface area contributed by atoms with Gasteiger partial charge in [0.1, 0.15) is 6.04 Å². The number of carboxylic acid groups (broad SMARTS) is 1. The largest absolute Gasteiger partial charge is 0.480 e. The second kappa shape index (κ2) is 20.0. The average molecular weight is 946 g/mol. The smallest absolute Gasteiger partial charge is 0.407 e. The van der Waals surface area contributed by atoms with Crippen LogP contribution in [0.2, 0.25) is 25.7 Å². The standard InChI is InChI=1S/C50H75N7O9Si/c1-10-57-41-14-13-36(55-19-20-64-42(27-55)46(56-28-50(29-56)31-63-32-50)44(47(59)60)52-48(61)65-21-22-67(7,8)9)23-38(41)40(25-49(4,5)30-66-34(3)58)45(57)39-24-37(26-51-43(39)33(2)62-6)54-17-15-53(16-18-54)35-11-12-35/h13-14,23-24,26,33,35,42,44,46H,10-12,15-22,25,27-32H2,1-9H3,(H,52,61)(H,59,60)/t33-,42+,44-,46+/m0/s1. The minimum absolute atomic E-state index is 0.00327. The topological polar surface area (TPSA) is 160 Å². The summed E-state index contributed by atoms with van der Waals surface area (Å²) >= 11 is 0. The van der Waals surface area contributed by atoms with Crippen LogP contribution in [0.3, 0.4) is 0 Å². The summed E-state index contributed by atoms with van der Waals surface area (Å²) < 4.78 is 31.7. The summed E-state index contributed by atoms with van der Waals surface area (Å²) in [5, 5.41) is 14.6. The highest BCUT2D eigenvalue weighted by Gasteiger charge is 2.55. The van der Waals surface area contributed by atoms with Gasteiger partial charge in [0, 0.05) is 120 Å². The number of likely N-dealkylation sites (tertiary alicyclic amines) is 1. The van der Waals surface area contributed by atoms with E-state index in [-0.39, 0.29) is 30.7 Å². The van der Waals surface area contributed by atoms with Gasteiger partial charge in [-0.2, -0.15) is 0 Å². The van der Waals surface area contributed by atoms with Crippen molar-refractivity contribution in [3.05, 3.63) is 41.7 Å². The number of ether oxygens (including phenoxy) is 5. The van der Waals surface area contributed by atoms with Crippen LogP contribution in [0.4, 0.5) is 16.2 Å². The van der Waals surface area contributed by atoms with E-state index in [0.29, 0.717) is 59.0 Å². The Morgan fingerprint density at radius 1 is 1.01 bits per heavy atom. The molecule has 0 unspecified atom stereocenters. The van der Waals surface area contributed by atoms with Crippen molar-refractivity contribution in [2.45, 2.75) is 116 Å². The molecular formula is C50H75N7O9Si. The fraction of sp³-hybridized carbons (Fsp3) is 0.680. The number of pyridine rings is 1. The number of alkyl carbamates (subject to hydrolysis) is 1. The minimum atomic E-state index is -1.48. The maximum atomic E-state index is 13.2. The molecule has 1 saturated carbocycles. The van der Waals surface area contributed by atoms with E-state index >= 15 is 0 Å². The zero-order valence-corrected chi connectivity index (χ0v) is 42.4. The van der Waals surface area contributed by atoms with Crippen LogP contribution in [0.25, 0.3) is 22.2 Å². The number of aromatic nitrogens is 2. The third-order valence-electron chi connectivity index (χ3n) is 14.6. The first-order valence-electron chi connectivity index (χ1n) is 24.5. The Bertz CT molecular complexity index is 2260. The van der Waals surface area contributed by atoms with Gasteiger partial charge in [0.05, 0.1) is 74.6 Å². The van der Waals surface area contributed by atoms with Crippen molar-refractivity contribution in [2.24, 2.45) is 10.8 Å². The Hall–Kier alpha value is -4.26. The number of aryl methyl sites for hydroxylation is 1. The normalized spacial score (nSPS) is 21.7. The molecule has 2 N–H and O–H groups in total. The monoisotopic (exact) mass is 946 g/mol. The van der Waals surface area contributed by atoms with Gasteiger partial charge in [-0.25, -0.2) is 9.59 Å². The zero-order valence-electron chi connectivity index (χ0n) is 41.4. The summed E-state index contributed by atoms with van der Waals surface area (Å²) in [5.41, 5.74) is 6.85. The molecule has 2 aromatic heterocycles. The van der Waals surface area contributed by atoms with E-state index < -0.39 is 43.7 Å². The molecule has 5 aliphatic rings. The summed E-state index contributed by atoms with van der Waals surface area (Å²) in [6.07, 6.45) is 3.68. The molecule has 368 valence electrons. The van der Waals surface area contributed by atoms with Gasteiger partial charge in [0.15, 0.2) is 0 Å². The number of hydrogen-bond acceptors (Lipinski definition) is 13. The van der Waals surface area contributed by atoms with Crippen LogP contribution in [0, 0.1) is 10.8 Å². The van der Waals surface area contributed by atoms with Gasteiger partial charge in [-0.15, -0.1) is 0 Å². The van der Waals surface area contributed by atoms with Gasteiger partial charge in [-0.1, -0.05) is 33.5 Å². The van der Waals surface area contributed by atoms with E-state index in [2.05, 4.69) is 94.2 Å². The van der Waals surface area contributed by atoms with Crippen LogP contribution in [0.15, 0.2) is 30.5 Å². The van der Waals surface area contributed by atoms with Crippen molar-refractivity contribution in [1.82, 2.24) is 24.7 Å². The maximum absolute atomic E-state index is 13.2. The number of amides is 1. The summed E-state index contributed by atoms with van der Waals surface area (Å²) in [7, 11) is 0.242. The van der Waals surface area contributed by atoms with E-state index in [1.165, 1.54) is 19.8 Å². The number of morpholine rings is 1. The van der Waals surface area contributed by atoms with Gasteiger partial charge in [-0.05, 0) is 69.0 Å². The maximum Gasteiger partial charge on any atom is 0.407 e. The number of carbonyl (C=O) groups is 3. The second-order valence-corrected chi connectivity index (χ2v) is 27.4. The number of hydrogen-bond donors (Lipinski definition) is 2. The number of aliphatic carboxylic acids is 1. The molecule has 67 heavy (non-hydrogen) atoms.